The summed E-state index contributed by atoms with van der Waals surface area (Å²) in [6, 6.07) is 0. The second-order valence-electron chi connectivity index (χ2n) is 7.32. The standard InChI is InChI=1S/C17H25N5O/c1-11(2)9-16-18-15(21-23-16)10-22-7-5-13-14(6-8-22)19-20-17(13)12-3-4-12/h11-12H,3-10H2,1-2H3,(H,19,20). The lowest BCUT2D eigenvalue weighted by Gasteiger charge is -2.17. The molecule has 0 saturated heterocycles. The molecule has 1 saturated carbocycles. The van der Waals surface area contributed by atoms with Gasteiger partial charge in [-0.3, -0.25) is 10.00 Å². The summed E-state index contributed by atoms with van der Waals surface area (Å²) in [7, 11) is 0. The first-order valence-electron chi connectivity index (χ1n) is 8.79. The first kappa shape index (κ1) is 14.9. The van der Waals surface area contributed by atoms with Crippen LogP contribution in [0, 0.1) is 5.92 Å². The van der Waals surface area contributed by atoms with Crippen molar-refractivity contribution < 1.29 is 4.52 Å². The van der Waals surface area contributed by atoms with Crippen molar-refractivity contribution in [3.8, 4) is 0 Å². The lowest BCUT2D eigenvalue weighted by Crippen LogP contribution is -2.26. The minimum Gasteiger partial charge on any atom is -0.339 e. The summed E-state index contributed by atoms with van der Waals surface area (Å²) in [5, 5.41) is 12.0. The van der Waals surface area contributed by atoms with Gasteiger partial charge in [0.05, 0.1) is 12.2 Å². The van der Waals surface area contributed by atoms with Crippen LogP contribution < -0.4 is 0 Å². The number of aromatic amines is 1. The van der Waals surface area contributed by atoms with Gasteiger partial charge in [-0.05, 0) is 30.7 Å². The quantitative estimate of drug-likeness (QED) is 0.918. The molecule has 0 unspecified atom stereocenters. The smallest absolute Gasteiger partial charge is 0.226 e. The van der Waals surface area contributed by atoms with Gasteiger partial charge >= 0.3 is 0 Å². The summed E-state index contributed by atoms with van der Waals surface area (Å²) >= 11 is 0. The van der Waals surface area contributed by atoms with Crippen LogP contribution in [-0.2, 0) is 25.8 Å². The van der Waals surface area contributed by atoms with E-state index in [4.69, 9.17) is 4.52 Å². The van der Waals surface area contributed by atoms with Crippen molar-refractivity contribution in [1.29, 1.82) is 0 Å². The normalized spacial score (nSPS) is 19.1. The molecular weight excluding hydrogens is 290 g/mol. The Labute approximate surface area is 136 Å². The molecule has 124 valence electrons. The van der Waals surface area contributed by atoms with Crippen molar-refractivity contribution in [3.63, 3.8) is 0 Å². The number of nitrogens with zero attached hydrogens (tertiary/aromatic N) is 4. The molecule has 4 rings (SSSR count). The van der Waals surface area contributed by atoms with E-state index in [1.165, 1.54) is 29.8 Å². The first-order chi connectivity index (χ1) is 11.2. The van der Waals surface area contributed by atoms with E-state index in [1.807, 2.05) is 0 Å². The number of hydrogen-bond donors (Lipinski definition) is 1. The molecule has 1 aliphatic heterocycles. The first-order valence-corrected chi connectivity index (χ1v) is 8.79. The second kappa shape index (κ2) is 6.07. The highest BCUT2D eigenvalue weighted by atomic mass is 16.5. The van der Waals surface area contributed by atoms with E-state index in [2.05, 4.69) is 39.1 Å². The largest absolute Gasteiger partial charge is 0.339 e. The average Bonchev–Trinajstić information content (AvgIpc) is 3.19. The highest BCUT2D eigenvalue weighted by Gasteiger charge is 2.31. The van der Waals surface area contributed by atoms with Gasteiger partial charge < -0.3 is 4.52 Å². The zero-order valence-electron chi connectivity index (χ0n) is 14.0. The Morgan fingerprint density at radius 2 is 2.09 bits per heavy atom. The van der Waals surface area contributed by atoms with E-state index in [9.17, 15) is 0 Å². The molecule has 6 heteroatoms. The van der Waals surface area contributed by atoms with Gasteiger partial charge in [-0.2, -0.15) is 10.1 Å². The minimum atomic E-state index is 0.542. The summed E-state index contributed by atoms with van der Waals surface area (Å²) in [6.07, 6.45) is 5.58. The van der Waals surface area contributed by atoms with Gasteiger partial charge in [0, 0.05) is 37.5 Å². The molecule has 2 aromatic rings. The zero-order chi connectivity index (χ0) is 15.8. The van der Waals surface area contributed by atoms with Crippen LogP contribution in [0.3, 0.4) is 0 Å². The lowest BCUT2D eigenvalue weighted by atomic mass is 10.1. The Morgan fingerprint density at radius 3 is 2.87 bits per heavy atom. The molecule has 2 aromatic heterocycles. The minimum absolute atomic E-state index is 0.542. The lowest BCUT2D eigenvalue weighted by molar-refractivity contribution is 0.265. The predicted molar refractivity (Wildman–Crippen MR) is 86.1 cm³/mol. The monoisotopic (exact) mass is 315 g/mol. The molecule has 0 radical (unpaired) electrons. The van der Waals surface area contributed by atoms with Crippen molar-refractivity contribution >= 4 is 0 Å². The molecule has 1 aliphatic carbocycles. The van der Waals surface area contributed by atoms with Crippen molar-refractivity contribution in [2.24, 2.45) is 5.92 Å². The number of rotatable bonds is 5. The maximum atomic E-state index is 5.35. The molecule has 23 heavy (non-hydrogen) atoms. The SMILES string of the molecule is CC(C)Cc1nc(CN2CCc3[nH]nc(C4CC4)c3CC2)no1. The maximum Gasteiger partial charge on any atom is 0.226 e. The maximum absolute atomic E-state index is 5.35. The zero-order valence-corrected chi connectivity index (χ0v) is 14.0. The van der Waals surface area contributed by atoms with Crippen LogP contribution in [0.1, 0.15) is 61.3 Å². The van der Waals surface area contributed by atoms with Crippen LogP contribution in [0.15, 0.2) is 4.52 Å². The number of H-pyrrole nitrogens is 1. The van der Waals surface area contributed by atoms with Gasteiger partial charge in [-0.25, -0.2) is 0 Å². The fourth-order valence-electron chi connectivity index (χ4n) is 3.39. The average molecular weight is 315 g/mol. The number of fused-ring (bicyclic) bond motifs is 1. The molecule has 1 N–H and O–H groups in total. The van der Waals surface area contributed by atoms with Crippen molar-refractivity contribution in [2.75, 3.05) is 13.1 Å². The Kier molecular flexibility index (Phi) is 3.93. The molecule has 0 atom stereocenters. The Hall–Kier alpha value is -1.69. The van der Waals surface area contributed by atoms with E-state index < -0.39 is 0 Å². The summed E-state index contributed by atoms with van der Waals surface area (Å²) in [6.45, 7) is 7.17. The van der Waals surface area contributed by atoms with Gasteiger partial charge in [-0.1, -0.05) is 19.0 Å². The van der Waals surface area contributed by atoms with Crippen LogP contribution >= 0.6 is 0 Å². The predicted octanol–water partition coefficient (Wildman–Crippen LogP) is 2.47. The van der Waals surface area contributed by atoms with Gasteiger partial charge in [0.2, 0.25) is 5.89 Å². The third kappa shape index (κ3) is 3.32. The summed E-state index contributed by atoms with van der Waals surface area (Å²) in [4.78, 5) is 6.95. The van der Waals surface area contributed by atoms with Gasteiger partial charge in [0.15, 0.2) is 5.82 Å². The Bertz CT molecular complexity index is 670. The van der Waals surface area contributed by atoms with E-state index >= 15 is 0 Å². The molecule has 0 bridgehead atoms. The summed E-state index contributed by atoms with van der Waals surface area (Å²) in [5.74, 6) is 2.83. The molecule has 0 spiro atoms. The van der Waals surface area contributed by atoms with E-state index in [1.54, 1.807) is 0 Å². The summed E-state index contributed by atoms with van der Waals surface area (Å²) in [5.41, 5.74) is 4.15. The van der Waals surface area contributed by atoms with Crippen LogP contribution in [-0.4, -0.2) is 38.3 Å². The van der Waals surface area contributed by atoms with E-state index in [0.29, 0.717) is 5.92 Å². The molecule has 6 nitrogen and oxygen atoms in total. The van der Waals surface area contributed by atoms with Crippen molar-refractivity contribution in [2.45, 2.75) is 58.4 Å². The second-order valence-corrected chi connectivity index (χ2v) is 7.32. The molecular formula is C17H25N5O. The van der Waals surface area contributed by atoms with Gasteiger partial charge in [0.1, 0.15) is 0 Å². The van der Waals surface area contributed by atoms with Gasteiger partial charge in [-0.15, -0.1) is 0 Å². The molecule has 0 aromatic carbocycles. The van der Waals surface area contributed by atoms with Crippen LogP contribution in [0.5, 0.6) is 0 Å². The highest BCUT2D eigenvalue weighted by molar-refractivity contribution is 5.32. The van der Waals surface area contributed by atoms with Crippen LogP contribution in [0.25, 0.3) is 0 Å². The van der Waals surface area contributed by atoms with Crippen LogP contribution in [0.4, 0.5) is 0 Å². The number of aromatic nitrogens is 4. The Morgan fingerprint density at radius 1 is 1.26 bits per heavy atom. The van der Waals surface area contributed by atoms with Gasteiger partial charge in [0.25, 0.3) is 0 Å². The van der Waals surface area contributed by atoms with E-state index in [0.717, 1.165) is 56.5 Å². The third-order valence-corrected chi connectivity index (χ3v) is 4.76. The number of nitrogens with one attached hydrogen (secondary N) is 1. The van der Waals surface area contributed by atoms with Crippen LogP contribution in [0.2, 0.25) is 0 Å². The molecule has 2 aliphatic rings. The summed E-state index contributed by atoms with van der Waals surface area (Å²) < 4.78 is 5.35. The highest BCUT2D eigenvalue weighted by Crippen LogP contribution is 2.41. The molecule has 1 fully saturated rings. The number of hydrogen-bond acceptors (Lipinski definition) is 5. The third-order valence-electron chi connectivity index (χ3n) is 4.76. The molecule has 0 amide bonds. The fourth-order valence-corrected chi connectivity index (χ4v) is 3.39. The topological polar surface area (TPSA) is 70.8 Å². The van der Waals surface area contributed by atoms with Crippen molar-refractivity contribution in [3.05, 3.63) is 28.7 Å². The fraction of sp³-hybridized carbons (Fsp3) is 0.706. The Balaban J connectivity index is 1.39. The molecule has 3 heterocycles. The van der Waals surface area contributed by atoms with Crippen molar-refractivity contribution in [1.82, 2.24) is 25.2 Å². The van der Waals surface area contributed by atoms with E-state index in [-0.39, 0.29) is 0 Å².